The Morgan fingerprint density at radius 2 is 1.63 bits per heavy atom. The molecule has 0 spiro atoms. The lowest BCUT2D eigenvalue weighted by atomic mass is 9.88. The zero-order valence-corrected chi connectivity index (χ0v) is 18.8. The van der Waals surface area contributed by atoms with Gasteiger partial charge in [-0.2, -0.15) is 0 Å². The molecule has 2 N–H and O–H groups in total. The molecule has 1 heterocycles. The van der Waals surface area contributed by atoms with Gasteiger partial charge in [-0.15, -0.1) is 0 Å². The first-order valence-corrected chi connectivity index (χ1v) is 11.1. The standard InChI is InChI=1S/C24H37N3O3/c1-17(2)14-21(28)26-23(24(30)25-16-18(3)4)20-10-12-27(13-11-20)22(29)15-19-8-6-5-7-9-19/h5-9,17-18,20,23H,10-16H2,1-4H3,(H,25,30)(H,26,28). The average Bonchev–Trinajstić information content (AvgIpc) is 2.70. The number of piperidine rings is 1. The predicted molar refractivity (Wildman–Crippen MR) is 119 cm³/mol. The van der Waals surface area contributed by atoms with Crippen molar-refractivity contribution < 1.29 is 14.4 Å². The lowest BCUT2D eigenvalue weighted by molar-refractivity contribution is -0.134. The first-order valence-electron chi connectivity index (χ1n) is 11.1. The van der Waals surface area contributed by atoms with E-state index in [9.17, 15) is 14.4 Å². The Morgan fingerprint density at radius 1 is 1.00 bits per heavy atom. The fraction of sp³-hybridized carbons (Fsp3) is 0.625. The van der Waals surface area contributed by atoms with Gasteiger partial charge >= 0.3 is 0 Å². The van der Waals surface area contributed by atoms with Crippen molar-refractivity contribution in [3.8, 4) is 0 Å². The fourth-order valence-corrected chi connectivity index (χ4v) is 3.78. The summed E-state index contributed by atoms with van der Waals surface area (Å²) < 4.78 is 0. The summed E-state index contributed by atoms with van der Waals surface area (Å²) in [6, 6.07) is 9.21. The van der Waals surface area contributed by atoms with E-state index in [2.05, 4.69) is 10.6 Å². The van der Waals surface area contributed by atoms with Gasteiger partial charge in [0.05, 0.1) is 6.42 Å². The van der Waals surface area contributed by atoms with Gasteiger partial charge in [-0.25, -0.2) is 0 Å². The topological polar surface area (TPSA) is 78.5 Å². The van der Waals surface area contributed by atoms with Crippen LogP contribution in [0.2, 0.25) is 0 Å². The van der Waals surface area contributed by atoms with Crippen molar-refractivity contribution >= 4 is 17.7 Å². The quantitative estimate of drug-likeness (QED) is 0.651. The second-order valence-electron chi connectivity index (χ2n) is 9.16. The lowest BCUT2D eigenvalue weighted by Gasteiger charge is -2.36. The predicted octanol–water partition coefficient (Wildman–Crippen LogP) is 2.77. The maximum absolute atomic E-state index is 12.8. The lowest BCUT2D eigenvalue weighted by Crippen LogP contribution is -2.54. The normalized spacial score (nSPS) is 15.9. The minimum absolute atomic E-state index is 0.0362. The van der Waals surface area contributed by atoms with Gasteiger partial charge in [0.25, 0.3) is 0 Å². The van der Waals surface area contributed by atoms with Gasteiger partial charge in [-0.1, -0.05) is 58.0 Å². The summed E-state index contributed by atoms with van der Waals surface area (Å²) in [6.45, 7) is 9.89. The summed E-state index contributed by atoms with van der Waals surface area (Å²) in [6.07, 6.45) is 2.22. The van der Waals surface area contributed by atoms with Gasteiger partial charge in [0.15, 0.2) is 0 Å². The van der Waals surface area contributed by atoms with Crippen LogP contribution in [0.3, 0.4) is 0 Å². The molecule has 1 fully saturated rings. The molecule has 1 aromatic carbocycles. The SMILES string of the molecule is CC(C)CNC(=O)C(NC(=O)CC(C)C)C1CCN(C(=O)Cc2ccccc2)CC1. The first-order chi connectivity index (χ1) is 14.3. The molecular formula is C24H37N3O3. The molecule has 1 aliphatic rings. The van der Waals surface area contributed by atoms with Crippen molar-refractivity contribution in [2.75, 3.05) is 19.6 Å². The monoisotopic (exact) mass is 415 g/mol. The Bertz CT molecular complexity index is 695. The smallest absolute Gasteiger partial charge is 0.242 e. The van der Waals surface area contributed by atoms with Gasteiger partial charge in [-0.3, -0.25) is 14.4 Å². The Hall–Kier alpha value is -2.37. The molecular weight excluding hydrogens is 378 g/mol. The third-order valence-corrected chi connectivity index (χ3v) is 5.44. The summed E-state index contributed by atoms with van der Waals surface area (Å²) >= 11 is 0. The molecule has 0 radical (unpaired) electrons. The summed E-state index contributed by atoms with van der Waals surface area (Å²) in [4.78, 5) is 39.7. The van der Waals surface area contributed by atoms with E-state index in [1.54, 1.807) is 0 Å². The Labute approximate surface area is 180 Å². The molecule has 1 unspecified atom stereocenters. The molecule has 0 bridgehead atoms. The number of benzene rings is 1. The molecule has 0 aliphatic carbocycles. The number of rotatable bonds is 9. The van der Waals surface area contributed by atoms with E-state index in [1.165, 1.54) is 0 Å². The highest BCUT2D eigenvalue weighted by molar-refractivity contribution is 5.88. The summed E-state index contributed by atoms with van der Waals surface area (Å²) in [7, 11) is 0. The van der Waals surface area contributed by atoms with E-state index < -0.39 is 6.04 Å². The van der Waals surface area contributed by atoms with Crippen LogP contribution in [0.4, 0.5) is 0 Å². The molecule has 1 saturated heterocycles. The highest BCUT2D eigenvalue weighted by Crippen LogP contribution is 2.22. The molecule has 0 saturated carbocycles. The Morgan fingerprint density at radius 3 is 2.20 bits per heavy atom. The van der Waals surface area contributed by atoms with Crippen molar-refractivity contribution in [2.24, 2.45) is 17.8 Å². The molecule has 1 aromatic rings. The third-order valence-electron chi connectivity index (χ3n) is 5.44. The van der Waals surface area contributed by atoms with E-state index in [-0.39, 0.29) is 29.6 Å². The Balaban J connectivity index is 1.95. The van der Waals surface area contributed by atoms with Crippen molar-refractivity contribution in [3.05, 3.63) is 35.9 Å². The molecule has 6 heteroatoms. The minimum Gasteiger partial charge on any atom is -0.354 e. The van der Waals surface area contributed by atoms with E-state index in [0.29, 0.717) is 51.2 Å². The number of nitrogens with one attached hydrogen (secondary N) is 2. The highest BCUT2D eigenvalue weighted by Gasteiger charge is 2.33. The zero-order chi connectivity index (χ0) is 22.1. The van der Waals surface area contributed by atoms with Gasteiger partial charge in [-0.05, 0) is 36.2 Å². The molecule has 1 atom stereocenters. The van der Waals surface area contributed by atoms with Crippen LogP contribution in [0.5, 0.6) is 0 Å². The van der Waals surface area contributed by atoms with Crippen LogP contribution in [0.25, 0.3) is 0 Å². The maximum atomic E-state index is 12.8. The third kappa shape index (κ3) is 7.81. The Kier molecular flexibility index (Phi) is 9.34. The van der Waals surface area contributed by atoms with Crippen LogP contribution in [0, 0.1) is 17.8 Å². The molecule has 2 rings (SSSR count). The van der Waals surface area contributed by atoms with Crippen LogP contribution in [-0.2, 0) is 20.8 Å². The summed E-state index contributed by atoms with van der Waals surface area (Å²) in [5.41, 5.74) is 1.01. The van der Waals surface area contributed by atoms with Crippen molar-refractivity contribution in [3.63, 3.8) is 0 Å². The molecule has 0 aromatic heterocycles. The zero-order valence-electron chi connectivity index (χ0n) is 18.8. The first kappa shape index (κ1) is 23.9. The van der Waals surface area contributed by atoms with Gasteiger partial charge in [0.1, 0.15) is 6.04 Å². The second kappa shape index (κ2) is 11.7. The summed E-state index contributed by atoms with van der Waals surface area (Å²) in [5.74, 6) is 0.533. The number of nitrogens with zero attached hydrogens (tertiary/aromatic N) is 1. The number of carbonyl (C=O) groups is 3. The van der Waals surface area contributed by atoms with E-state index >= 15 is 0 Å². The van der Waals surface area contributed by atoms with Crippen LogP contribution in [0.15, 0.2) is 30.3 Å². The van der Waals surface area contributed by atoms with Crippen LogP contribution in [0.1, 0.15) is 52.5 Å². The number of hydrogen-bond acceptors (Lipinski definition) is 3. The van der Waals surface area contributed by atoms with Crippen molar-refractivity contribution in [1.82, 2.24) is 15.5 Å². The highest BCUT2D eigenvalue weighted by atomic mass is 16.2. The second-order valence-corrected chi connectivity index (χ2v) is 9.16. The van der Waals surface area contributed by atoms with E-state index in [4.69, 9.17) is 0 Å². The number of amides is 3. The van der Waals surface area contributed by atoms with Crippen molar-refractivity contribution in [1.29, 1.82) is 0 Å². The van der Waals surface area contributed by atoms with Crippen LogP contribution >= 0.6 is 0 Å². The average molecular weight is 416 g/mol. The van der Waals surface area contributed by atoms with Gasteiger partial charge in [0.2, 0.25) is 17.7 Å². The van der Waals surface area contributed by atoms with E-state index in [1.807, 2.05) is 62.9 Å². The van der Waals surface area contributed by atoms with Crippen LogP contribution < -0.4 is 10.6 Å². The number of hydrogen-bond donors (Lipinski definition) is 2. The molecule has 6 nitrogen and oxygen atoms in total. The van der Waals surface area contributed by atoms with Crippen molar-refractivity contribution in [2.45, 2.75) is 59.4 Å². The number of carbonyl (C=O) groups excluding carboxylic acids is 3. The largest absolute Gasteiger partial charge is 0.354 e. The molecule has 1 aliphatic heterocycles. The molecule has 3 amide bonds. The minimum atomic E-state index is -0.540. The molecule has 30 heavy (non-hydrogen) atoms. The summed E-state index contributed by atoms with van der Waals surface area (Å²) in [5, 5.41) is 5.94. The van der Waals surface area contributed by atoms with Gasteiger partial charge in [0, 0.05) is 26.1 Å². The fourth-order valence-electron chi connectivity index (χ4n) is 3.78. The maximum Gasteiger partial charge on any atom is 0.242 e. The van der Waals surface area contributed by atoms with Crippen LogP contribution in [-0.4, -0.2) is 48.3 Å². The number of likely N-dealkylation sites (tertiary alicyclic amines) is 1. The molecule has 166 valence electrons. The van der Waals surface area contributed by atoms with E-state index in [0.717, 1.165) is 5.56 Å². The van der Waals surface area contributed by atoms with Gasteiger partial charge < -0.3 is 15.5 Å².